The number of alkyl halides is 2. The third kappa shape index (κ3) is 7.90. The van der Waals surface area contributed by atoms with Gasteiger partial charge in [-0.1, -0.05) is 44.5 Å². The van der Waals surface area contributed by atoms with Crippen LogP contribution in [-0.2, 0) is 38.1 Å². The fourth-order valence-corrected chi connectivity index (χ4v) is 13.5. The number of hydrogen-bond acceptors (Lipinski definition) is 9. The Balaban J connectivity index is 0.827. The minimum Gasteiger partial charge on any atom is -0.402 e. The second-order valence-corrected chi connectivity index (χ2v) is 22.6. The molecule has 1 aromatic heterocycles. The number of benzene rings is 3. The van der Waals surface area contributed by atoms with E-state index in [1.165, 1.54) is 18.2 Å². The topological polar surface area (TPSA) is 248 Å². The van der Waals surface area contributed by atoms with E-state index >= 15 is 4.79 Å². The van der Waals surface area contributed by atoms with E-state index in [2.05, 4.69) is 20.9 Å². The van der Waals surface area contributed by atoms with Gasteiger partial charge in [-0.25, -0.2) is 4.57 Å². The van der Waals surface area contributed by atoms with E-state index in [9.17, 15) is 43.1 Å². The number of imide groups is 1. The molecule has 4 heterocycles. The second-order valence-electron chi connectivity index (χ2n) is 20.8. The van der Waals surface area contributed by atoms with Gasteiger partial charge in [-0.3, -0.25) is 48.2 Å². The number of phosphoric acid groups is 1. The Morgan fingerprint density at radius 1 is 0.833 bits per heavy atom. The summed E-state index contributed by atoms with van der Waals surface area (Å²) in [5.41, 5.74) is 2.29. The third-order valence-electron chi connectivity index (χ3n) is 16.2. The van der Waals surface area contributed by atoms with Crippen LogP contribution in [0.1, 0.15) is 94.2 Å². The van der Waals surface area contributed by atoms with Crippen LogP contribution in [0, 0.1) is 29.1 Å². The summed E-state index contributed by atoms with van der Waals surface area (Å²) in [6.45, 7) is 7.81. The number of halogens is 2. The molecule has 3 saturated carbocycles. The average Bonchev–Trinajstić information content (AvgIpc) is 3.67. The first kappa shape index (κ1) is 49.8. The Morgan fingerprint density at radius 3 is 2.04 bits per heavy atom. The van der Waals surface area contributed by atoms with E-state index in [1.807, 2.05) is 31.2 Å². The molecular formula is C51H56Cl2N7O11P. The zero-order valence-corrected chi connectivity index (χ0v) is 42.6. The van der Waals surface area contributed by atoms with Crippen molar-refractivity contribution < 1.29 is 52.4 Å². The highest BCUT2D eigenvalue weighted by atomic mass is 35.5. The fourth-order valence-electron chi connectivity index (χ4n) is 12.6. The Labute approximate surface area is 424 Å². The van der Waals surface area contributed by atoms with Gasteiger partial charge in [0.1, 0.15) is 12.1 Å². The molecule has 7 unspecified atom stereocenters. The number of aromatic nitrogens is 1. The van der Waals surface area contributed by atoms with E-state index in [4.69, 9.17) is 27.7 Å². The molecule has 21 heteroatoms. The molecule has 3 aliphatic heterocycles. The first-order chi connectivity index (χ1) is 34.2. The number of anilines is 3. The van der Waals surface area contributed by atoms with Crippen molar-refractivity contribution in [3.8, 4) is 5.75 Å². The predicted octanol–water partition coefficient (Wildman–Crippen LogP) is 6.38. The standard InChI is InChI=1S/C51H56Cl2N7O11P/c1-26(2)43(57-37(61)12-6-5-9-15-58-38(62)13-14-39(58)63)46(65)55-28(4)45(64)56-33-16-34-41(32-11-8-7-10-31(32)33)29(18-52)21-59(34)47(66)49-23-50(25-51(49,50)24-49)48(67)60-22-30(19-53)42-35(60)17-36(71-72(68,69)70)44-40(42)27(3)20-54-44/h7-8,10-11,13-14,16-17,20,26,28-30,43,54H,5-6,9,12,15,18-19,21-25H2,1-4H3,(H,55,65)(H,56,64)(H,57,61)(H2,68,69,70). The van der Waals surface area contributed by atoms with Gasteiger partial charge in [-0.15, -0.1) is 23.2 Å². The molecule has 72 heavy (non-hydrogen) atoms. The number of rotatable bonds is 18. The summed E-state index contributed by atoms with van der Waals surface area (Å²) in [6.07, 6.45) is 7.31. The number of nitrogens with zero attached hydrogens (tertiary/aromatic N) is 3. The van der Waals surface area contributed by atoms with Crippen LogP contribution in [0.3, 0.4) is 0 Å². The summed E-state index contributed by atoms with van der Waals surface area (Å²) in [5, 5.41) is 10.8. The van der Waals surface area contributed by atoms with Gasteiger partial charge in [-0.2, -0.15) is 0 Å². The van der Waals surface area contributed by atoms with E-state index in [0.717, 1.165) is 27.0 Å². The maximum atomic E-state index is 15.1. The van der Waals surface area contributed by atoms with Gasteiger partial charge in [0.15, 0.2) is 5.75 Å². The molecule has 10 rings (SSSR count). The number of amides is 7. The minimum absolute atomic E-state index is 0.0800. The molecule has 18 nitrogen and oxygen atoms in total. The molecule has 3 fully saturated rings. The number of aryl methyl sites for hydroxylation is 1. The normalized spacial score (nSPS) is 25.2. The van der Waals surface area contributed by atoms with Gasteiger partial charge >= 0.3 is 7.82 Å². The Hall–Kier alpha value is -5.78. The molecule has 3 aliphatic carbocycles. The monoisotopic (exact) mass is 1040 g/mol. The summed E-state index contributed by atoms with van der Waals surface area (Å²) in [5.74, 6) is -2.81. The van der Waals surface area contributed by atoms with E-state index < -0.39 is 48.0 Å². The lowest BCUT2D eigenvalue weighted by molar-refractivity contribution is -0.137. The van der Waals surface area contributed by atoms with Crippen LogP contribution in [0.2, 0.25) is 0 Å². The second kappa shape index (κ2) is 18.0. The minimum atomic E-state index is -4.97. The SMILES string of the molecule is Cc1c[nH]c2c(OP(=O)(O)O)cc3c(c12)C(CCl)CN3C(=O)C12CC3(C(=O)N4CC(CCl)c5c4cc(NC(=O)C(C)NC(=O)C(NC(=O)CCCCCN4C(=O)C=CC4=O)C(C)C)c4ccccc54)CC31C2. The van der Waals surface area contributed by atoms with Crippen LogP contribution < -0.4 is 30.3 Å². The molecule has 6 aliphatic rings. The summed E-state index contributed by atoms with van der Waals surface area (Å²) >= 11 is 13.2. The largest absolute Gasteiger partial charge is 0.524 e. The summed E-state index contributed by atoms with van der Waals surface area (Å²) in [4.78, 5) is 121. The zero-order chi connectivity index (χ0) is 51.4. The summed E-state index contributed by atoms with van der Waals surface area (Å²) < 4.78 is 17.2. The first-order valence-corrected chi connectivity index (χ1v) is 26.9. The lowest BCUT2D eigenvalue weighted by atomic mass is 9.72. The van der Waals surface area contributed by atoms with Gasteiger partial charge < -0.3 is 35.3 Å². The van der Waals surface area contributed by atoms with Gasteiger partial charge in [0.05, 0.1) is 27.7 Å². The maximum Gasteiger partial charge on any atom is 0.524 e. The van der Waals surface area contributed by atoms with Crippen LogP contribution in [0.5, 0.6) is 5.75 Å². The molecular weight excluding hydrogens is 988 g/mol. The lowest BCUT2D eigenvalue weighted by Crippen LogP contribution is -2.53. The molecule has 1 spiro atoms. The summed E-state index contributed by atoms with van der Waals surface area (Å²) in [6, 6.07) is 8.84. The van der Waals surface area contributed by atoms with Crippen molar-refractivity contribution in [1.82, 2.24) is 20.5 Å². The van der Waals surface area contributed by atoms with Crippen LogP contribution in [0.25, 0.3) is 21.7 Å². The summed E-state index contributed by atoms with van der Waals surface area (Å²) in [7, 11) is -4.97. The van der Waals surface area contributed by atoms with E-state index in [0.29, 0.717) is 78.4 Å². The lowest BCUT2D eigenvalue weighted by Gasteiger charge is -2.37. The first-order valence-electron chi connectivity index (χ1n) is 24.3. The third-order valence-corrected chi connectivity index (χ3v) is 17.3. The Kier molecular flexibility index (Phi) is 12.5. The molecule has 7 atom stereocenters. The Bertz CT molecular complexity index is 3100. The Morgan fingerprint density at radius 2 is 1.44 bits per heavy atom. The van der Waals surface area contributed by atoms with Crippen LogP contribution in [-0.4, -0.2) is 104 Å². The van der Waals surface area contributed by atoms with Gasteiger partial charge in [0.25, 0.3) is 11.8 Å². The number of phosphoric ester groups is 1. The van der Waals surface area contributed by atoms with Crippen molar-refractivity contribution in [2.75, 3.05) is 46.5 Å². The molecule has 6 N–H and O–H groups in total. The highest BCUT2D eigenvalue weighted by Crippen LogP contribution is 3.01. The highest BCUT2D eigenvalue weighted by Gasteiger charge is 3.01. The maximum absolute atomic E-state index is 15.1. The molecule has 380 valence electrons. The van der Waals surface area contributed by atoms with Crippen molar-refractivity contribution in [2.45, 2.75) is 96.6 Å². The van der Waals surface area contributed by atoms with Crippen molar-refractivity contribution in [3.05, 3.63) is 71.4 Å². The van der Waals surface area contributed by atoms with Gasteiger partial charge in [-0.05, 0) is 80.0 Å². The van der Waals surface area contributed by atoms with Crippen molar-refractivity contribution >= 4 is 111 Å². The van der Waals surface area contributed by atoms with Crippen LogP contribution >= 0.6 is 31.0 Å². The molecule has 4 aromatic rings. The smallest absolute Gasteiger partial charge is 0.402 e. The molecule has 0 saturated heterocycles. The highest BCUT2D eigenvalue weighted by molar-refractivity contribution is 7.46. The molecule has 7 amide bonds. The van der Waals surface area contributed by atoms with Gasteiger partial charge in [0.2, 0.25) is 29.5 Å². The number of hydrogen-bond donors (Lipinski definition) is 6. The number of carbonyl (C=O) groups is 7. The van der Waals surface area contributed by atoms with E-state index in [1.54, 1.807) is 42.8 Å². The quantitative estimate of drug-likeness (QED) is 0.0276. The fraction of sp³-hybridized carbons (Fsp3) is 0.471. The van der Waals surface area contributed by atoms with Gasteiger partial charge in [0, 0.05) is 95.9 Å². The number of unbranched alkanes of at least 4 members (excludes halogenated alkanes) is 2. The molecule has 0 bridgehead atoms. The van der Waals surface area contributed by atoms with Crippen molar-refractivity contribution in [3.63, 3.8) is 0 Å². The van der Waals surface area contributed by atoms with Crippen molar-refractivity contribution in [1.29, 1.82) is 0 Å². The number of H-pyrrole nitrogens is 1. The van der Waals surface area contributed by atoms with Crippen molar-refractivity contribution in [2.24, 2.45) is 22.2 Å². The number of carbonyl (C=O) groups excluding carboxylic acids is 7. The number of nitrogens with one attached hydrogen (secondary N) is 4. The van der Waals surface area contributed by atoms with Crippen LogP contribution in [0.15, 0.2) is 54.7 Å². The average molecular weight is 1040 g/mol. The predicted molar refractivity (Wildman–Crippen MR) is 270 cm³/mol. The van der Waals surface area contributed by atoms with Crippen LogP contribution in [0.4, 0.5) is 17.1 Å². The van der Waals surface area contributed by atoms with E-state index in [-0.39, 0.29) is 84.3 Å². The number of fused-ring (bicyclic) bond motifs is 6. The zero-order valence-electron chi connectivity index (χ0n) is 40.2. The molecule has 3 aromatic carbocycles. The number of aromatic amines is 1. The molecule has 0 radical (unpaired) electrons.